The van der Waals surface area contributed by atoms with Crippen LogP contribution in [0.15, 0.2) is 42.1 Å². The Bertz CT molecular complexity index is 701. The summed E-state index contributed by atoms with van der Waals surface area (Å²) in [5, 5.41) is 12.5. The van der Waals surface area contributed by atoms with Gasteiger partial charge in [-0.15, -0.1) is 11.7 Å². The summed E-state index contributed by atoms with van der Waals surface area (Å²) in [6.07, 6.45) is 1.52. The van der Waals surface area contributed by atoms with Crippen molar-refractivity contribution in [1.82, 2.24) is 25.8 Å². The van der Waals surface area contributed by atoms with Gasteiger partial charge in [0.2, 0.25) is 11.1 Å². The Hall–Kier alpha value is -2.32. The van der Waals surface area contributed by atoms with Crippen LogP contribution >= 0.6 is 23.4 Å². The highest BCUT2D eigenvalue weighted by Crippen LogP contribution is 2.20. The second kappa shape index (κ2) is 8.35. The topological polar surface area (TPSA) is 99.8 Å². The van der Waals surface area contributed by atoms with Crippen LogP contribution in [-0.2, 0) is 4.79 Å². The van der Waals surface area contributed by atoms with Crippen LogP contribution in [0.5, 0.6) is 0 Å². The van der Waals surface area contributed by atoms with Gasteiger partial charge in [-0.25, -0.2) is 9.78 Å². The van der Waals surface area contributed by atoms with Crippen LogP contribution in [0.3, 0.4) is 0 Å². The quantitative estimate of drug-likeness (QED) is 0.547. The molecule has 2 rings (SSSR count). The van der Waals surface area contributed by atoms with E-state index in [2.05, 4.69) is 32.4 Å². The van der Waals surface area contributed by atoms with Crippen LogP contribution in [-0.4, -0.2) is 39.4 Å². The van der Waals surface area contributed by atoms with Gasteiger partial charge in [0.1, 0.15) is 0 Å². The third-order valence-electron chi connectivity index (χ3n) is 2.57. The number of benzene rings is 1. The van der Waals surface area contributed by atoms with Gasteiger partial charge in [0.25, 0.3) is 0 Å². The molecule has 0 unspecified atom stereocenters. The number of carbonyl (C=O) groups excluding carboxylic acids is 2. The van der Waals surface area contributed by atoms with Crippen molar-refractivity contribution >= 4 is 35.3 Å². The minimum absolute atomic E-state index is 0.0272. The molecular formula is C14H14ClN5O2S. The number of H-pyrrole nitrogens is 1. The molecule has 0 aliphatic heterocycles. The number of hydrogen-bond acceptors (Lipinski definition) is 5. The number of imide groups is 1. The maximum Gasteiger partial charge on any atom is 0.321 e. The average Bonchev–Trinajstić information content (AvgIpc) is 3.00. The number of hydrogen-bond donors (Lipinski definition) is 3. The zero-order valence-corrected chi connectivity index (χ0v) is 13.6. The summed E-state index contributed by atoms with van der Waals surface area (Å²) in [5.74, 6) is 0.169. The Kier molecular flexibility index (Phi) is 6.19. The molecule has 1 heterocycles. The third kappa shape index (κ3) is 5.42. The molecule has 0 aliphatic carbocycles. The van der Waals surface area contributed by atoms with Gasteiger partial charge in [-0.05, 0) is 24.3 Å². The Balaban J connectivity index is 1.85. The average molecular weight is 352 g/mol. The standard InChI is InChI=1S/C14H14ClN5O2S/c1-2-7-16-13(22)17-11(21)8-23-14-18-12(19-20-14)9-3-5-10(15)6-4-9/h2-6H,1,7-8H2,(H,18,19,20)(H2,16,17,21,22). The predicted octanol–water partition coefficient (Wildman–Crippen LogP) is 2.23. The highest BCUT2D eigenvalue weighted by molar-refractivity contribution is 7.99. The van der Waals surface area contributed by atoms with E-state index in [-0.39, 0.29) is 12.3 Å². The van der Waals surface area contributed by atoms with Crippen LogP contribution in [0, 0.1) is 0 Å². The van der Waals surface area contributed by atoms with E-state index in [0.29, 0.717) is 16.0 Å². The van der Waals surface area contributed by atoms with Gasteiger partial charge in [0.15, 0.2) is 5.82 Å². The first-order valence-electron chi connectivity index (χ1n) is 6.58. The minimum atomic E-state index is -0.563. The Morgan fingerprint density at radius 3 is 2.78 bits per heavy atom. The molecule has 1 aromatic heterocycles. The lowest BCUT2D eigenvalue weighted by molar-refractivity contribution is -0.117. The largest absolute Gasteiger partial charge is 0.334 e. The van der Waals surface area contributed by atoms with E-state index in [9.17, 15) is 9.59 Å². The molecule has 0 saturated carbocycles. The number of amides is 3. The second-order valence-corrected chi connectivity index (χ2v) is 5.69. The maximum absolute atomic E-state index is 11.6. The van der Waals surface area contributed by atoms with Gasteiger partial charge in [0.05, 0.1) is 5.75 Å². The van der Waals surface area contributed by atoms with Gasteiger partial charge in [-0.3, -0.25) is 15.2 Å². The number of carbonyl (C=O) groups is 2. The van der Waals surface area contributed by atoms with E-state index in [1.807, 2.05) is 12.1 Å². The molecule has 0 spiro atoms. The minimum Gasteiger partial charge on any atom is -0.334 e. The SMILES string of the molecule is C=CCNC(=O)NC(=O)CSc1n[nH]c(-c2ccc(Cl)cc2)n1. The van der Waals surface area contributed by atoms with Crippen molar-refractivity contribution in [2.45, 2.75) is 5.16 Å². The highest BCUT2D eigenvalue weighted by atomic mass is 35.5. The van der Waals surface area contributed by atoms with Gasteiger partial charge in [-0.2, -0.15) is 0 Å². The summed E-state index contributed by atoms with van der Waals surface area (Å²) in [6, 6.07) is 6.57. The van der Waals surface area contributed by atoms with Crippen molar-refractivity contribution in [3.8, 4) is 11.4 Å². The van der Waals surface area contributed by atoms with E-state index in [1.54, 1.807) is 12.1 Å². The van der Waals surface area contributed by atoms with Gasteiger partial charge in [0, 0.05) is 17.1 Å². The lowest BCUT2D eigenvalue weighted by Gasteiger charge is -2.03. The zero-order chi connectivity index (χ0) is 16.7. The van der Waals surface area contributed by atoms with E-state index < -0.39 is 11.9 Å². The fraction of sp³-hybridized carbons (Fsp3) is 0.143. The molecule has 0 atom stereocenters. The molecule has 3 N–H and O–H groups in total. The lowest BCUT2D eigenvalue weighted by Crippen LogP contribution is -2.40. The Morgan fingerprint density at radius 1 is 1.35 bits per heavy atom. The molecule has 2 aromatic rings. The number of urea groups is 1. The van der Waals surface area contributed by atoms with Crippen molar-refractivity contribution in [3.63, 3.8) is 0 Å². The predicted molar refractivity (Wildman–Crippen MR) is 89.3 cm³/mol. The summed E-state index contributed by atoms with van der Waals surface area (Å²) in [4.78, 5) is 27.2. The summed E-state index contributed by atoms with van der Waals surface area (Å²) in [6.45, 7) is 3.75. The van der Waals surface area contributed by atoms with Crippen molar-refractivity contribution < 1.29 is 9.59 Å². The van der Waals surface area contributed by atoms with E-state index >= 15 is 0 Å². The first-order valence-corrected chi connectivity index (χ1v) is 7.94. The molecule has 0 radical (unpaired) electrons. The first-order chi connectivity index (χ1) is 11.1. The Morgan fingerprint density at radius 2 is 2.09 bits per heavy atom. The maximum atomic E-state index is 11.6. The third-order valence-corrected chi connectivity index (χ3v) is 3.67. The molecule has 1 aromatic carbocycles. The summed E-state index contributed by atoms with van der Waals surface area (Å²) in [5.41, 5.74) is 0.835. The molecule has 0 saturated heterocycles. The normalized spacial score (nSPS) is 10.1. The first kappa shape index (κ1) is 17.0. The molecule has 0 bridgehead atoms. The van der Waals surface area contributed by atoms with Crippen molar-refractivity contribution in [2.75, 3.05) is 12.3 Å². The van der Waals surface area contributed by atoms with Gasteiger partial charge < -0.3 is 5.32 Å². The number of nitrogens with zero attached hydrogens (tertiary/aromatic N) is 2. The molecule has 0 fully saturated rings. The van der Waals surface area contributed by atoms with Crippen molar-refractivity contribution in [1.29, 1.82) is 0 Å². The van der Waals surface area contributed by atoms with Gasteiger partial charge >= 0.3 is 6.03 Å². The van der Waals surface area contributed by atoms with Crippen LogP contribution in [0.4, 0.5) is 4.79 Å². The van der Waals surface area contributed by atoms with Crippen molar-refractivity contribution in [2.24, 2.45) is 0 Å². The van der Waals surface area contributed by atoms with Crippen LogP contribution < -0.4 is 10.6 Å². The van der Waals surface area contributed by atoms with E-state index in [4.69, 9.17) is 11.6 Å². The summed E-state index contributed by atoms with van der Waals surface area (Å²) in [7, 11) is 0. The number of rotatable bonds is 6. The fourth-order valence-electron chi connectivity index (χ4n) is 1.55. The number of halogens is 1. The lowest BCUT2D eigenvalue weighted by atomic mass is 10.2. The monoisotopic (exact) mass is 351 g/mol. The molecule has 23 heavy (non-hydrogen) atoms. The van der Waals surface area contributed by atoms with E-state index in [1.165, 1.54) is 6.08 Å². The number of aromatic amines is 1. The Labute approximate surface area is 141 Å². The summed E-state index contributed by atoms with van der Waals surface area (Å²) < 4.78 is 0. The zero-order valence-electron chi connectivity index (χ0n) is 12.0. The molecule has 9 heteroatoms. The number of thioether (sulfide) groups is 1. The van der Waals surface area contributed by atoms with Gasteiger partial charge in [-0.1, -0.05) is 29.4 Å². The van der Waals surface area contributed by atoms with Crippen LogP contribution in [0.25, 0.3) is 11.4 Å². The molecule has 3 amide bonds. The molecular weight excluding hydrogens is 338 g/mol. The van der Waals surface area contributed by atoms with Crippen molar-refractivity contribution in [3.05, 3.63) is 41.9 Å². The van der Waals surface area contributed by atoms with Crippen LogP contribution in [0.2, 0.25) is 5.02 Å². The summed E-state index contributed by atoms with van der Waals surface area (Å²) >= 11 is 6.95. The number of aromatic nitrogens is 3. The number of nitrogens with one attached hydrogen (secondary N) is 3. The van der Waals surface area contributed by atoms with E-state index in [0.717, 1.165) is 17.3 Å². The smallest absolute Gasteiger partial charge is 0.321 e. The van der Waals surface area contributed by atoms with Crippen LogP contribution in [0.1, 0.15) is 0 Å². The fourth-order valence-corrected chi connectivity index (χ4v) is 2.27. The molecule has 7 nitrogen and oxygen atoms in total. The molecule has 120 valence electrons. The highest BCUT2D eigenvalue weighted by Gasteiger charge is 2.11. The second-order valence-electron chi connectivity index (χ2n) is 4.31. The molecule has 0 aliphatic rings.